The highest BCUT2D eigenvalue weighted by Crippen LogP contribution is 2.21. The minimum Gasteiger partial charge on any atom is -0.338 e. The normalized spacial score (nSPS) is 17.3. The topological polar surface area (TPSA) is 81.7 Å². The molecule has 1 aliphatic rings. The van der Waals surface area contributed by atoms with Crippen LogP contribution in [0.4, 0.5) is 0 Å². The summed E-state index contributed by atoms with van der Waals surface area (Å²) in [6, 6.07) is 3.98. The number of hydrogen-bond acceptors (Lipinski definition) is 7. The van der Waals surface area contributed by atoms with E-state index >= 15 is 0 Å². The van der Waals surface area contributed by atoms with E-state index in [1.807, 2.05) is 24.4 Å². The fraction of sp³-hybridized carbons (Fsp3) is 0.467. The zero-order valence-corrected chi connectivity index (χ0v) is 13.7. The Morgan fingerprint density at radius 1 is 1.43 bits per heavy atom. The predicted octanol–water partition coefficient (Wildman–Crippen LogP) is 2.05. The molecule has 1 aliphatic heterocycles. The van der Waals surface area contributed by atoms with Crippen molar-refractivity contribution >= 4 is 11.3 Å². The number of hydrogen-bond donors (Lipinski definition) is 1. The highest BCUT2D eigenvalue weighted by molar-refractivity contribution is 7.13. The van der Waals surface area contributed by atoms with Crippen molar-refractivity contribution < 1.29 is 4.52 Å². The molecule has 0 fully saturated rings. The van der Waals surface area contributed by atoms with Crippen LogP contribution in [-0.2, 0) is 19.5 Å². The fourth-order valence-corrected chi connectivity index (χ4v) is 3.56. The van der Waals surface area contributed by atoms with Gasteiger partial charge in [0.2, 0.25) is 11.7 Å². The lowest BCUT2D eigenvalue weighted by atomic mass is 9.99. The zero-order valence-electron chi connectivity index (χ0n) is 12.9. The van der Waals surface area contributed by atoms with E-state index < -0.39 is 0 Å². The second-order valence-corrected chi connectivity index (χ2v) is 6.75. The highest BCUT2D eigenvalue weighted by Gasteiger charge is 2.21. The Hall–Kier alpha value is -2.06. The molecular formula is C15H18N6OS. The summed E-state index contributed by atoms with van der Waals surface area (Å²) in [6.07, 6.45) is 2.13. The lowest BCUT2D eigenvalue weighted by Crippen LogP contribution is -2.30. The van der Waals surface area contributed by atoms with Gasteiger partial charge >= 0.3 is 0 Å². The quantitative estimate of drug-likeness (QED) is 0.771. The first-order valence-corrected chi connectivity index (χ1v) is 8.63. The molecule has 3 aromatic heterocycles. The van der Waals surface area contributed by atoms with Gasteiger partial charge in [-0.2, -0.15) is 4.98 Å². The summed E-state index contributed by atoms with van der Waals surface area (Å²) < 4.78 is 7.52. The average molecular weight is 330 g/mol. The van der Waals surface area contributed by atoms with Crippen LogP contribution in [0, 0.1) is 12.8 Å². The monoisotopic (exact) mass is 330 g/mol. The number of aryl methyl sites for hydroxylation is 2. The molecule has 0 aliphatic carbocycles. The maximum Gasteiger partial charge on any atom is 0.240 e. The van der Waals surface area contributed by atoms with Crippen molar-refractivity contribution in [3.05, 3.63) is 35.1 Å². The maximum atomic E-state index is 5.30. The van der Waals surface area contributed by atoms with Crippen LogP contribution in [0.1, 0.15) is 24.0 Å². The van der Waals surface area contributed by atoms with Crippen molar-refractivity contribution in [1.82, 2.24) is 30.2 Å². The highest BCUT2D eigenvalue weighted by atomic mass is 32.1. The molecule has 1 N–H and O–H groups in total. The maximum absolute atomic E-state index is 5.30. The summed E-state index contributed by atoms with van der Waals surface area (Å²) in [5.74, 6) is 3.99. The minimum atomic E-state index is 0.580. The Bertz CT molecular complexity index is 778. The van der Waals surface area contributed by atoms with Crippen molar-refractivity contribution in [3.8, 4) is 10.7 Å². The molecule has 7 nitrogen and oxygen atoms in total. The molecule has 1 atom stereocenters. The third-order valence-electron chi connectivity index (χ3n) is 4.15. The minimum absolute atomic E-state index is 0.580. The molecular weight excluding hydrogens is 312 g/mol. The van der Waals surface area contributed by atoms with Crippen molar-refractivity contribution in [3.63, 3.8) is 0 Å². The molecule has 0 unspecified atom stereocenters. The van der Waals surface area contributed by atoms with Gasteiger partial charge in [0.05, 0.1) is 11.4 Å². The zero-order chi connectivity index (χ0) is 15.6. The van der Waals surface area contributed by atoms with E-state index in [9.17, 15) is 0 Å². The first-order valence-electron chi connectivity index (χ1n) is 7.75. The van der Waals surface area contributed by atoms with E-state index in [-0.39, 0.29) is 0 Å². The third kappa shape index (κ3) is 3.04. The Kier molecular flexibility index (Phi) is 3.92. The summed E-state index contributed by atoms with van der Waals surface area (Å²) in [4.78, 5) is 5.45. The van der Waals surface area contributed by atoms with Crippen LogP contribution >= 0.6 is 11.3 Å². The molecule has 0 amide bonds. The van der Waals surface area contributed by atoms with Crippen molar-refractivity contribution in [1.29, 1.82) is 0 Å². The van der Waals surface area contributed by atoms with E-state index in [1.165, 1.54) is 0 Å². The van der Waals surface area contributed by atoms with Gasteiger partial charge in [0.25, 0.3) is 0 Å². The smallest absolute Gasteiger partial charge is 0.240 e. The number of aromatic nitrogens is 5. The van der Waals surface area contributed by atoms with Gasteiger partial charge in [-0.05, 0) is 30.7 Å². The van der Waals surface area contributed by atoms with Crippen LogP contribution in [0.2, 0.25) is 0 Å². The molecule has 4 rings (SSSR count). The molecule has 0 saturated carbocycles. The standard InChI is InChI=1S/C15H18N6OS/c1-10-18-19-13-5-4-11(9-21(10)13)7-16-8-14-17-15(20-22-14)12-3-2-6-23-12/h2-3,6,11,16H,4-5,7-9H2,1H3/t11-/m0/s1. The second kappa shape index (κ2) is 6.21. The van der Waals surface area contributed by atoms with Crippen LogP contribution in [0.15, 0.2) is 22.0 Å². The van der Waals surface area contributed by atoms with Gasteiger partial charge in [0.1, 0.15) is 11.6 Å². The Balaban J connectivity index is 1.30. The van der Waals surface area contributed by atoms with Gasteiger partial charge < -0.3 is 14.4 Å². The van der Waals surface area contributed by atoms with E-state index in [0.29, 0.717) is 24.2 Å². The second-order valence-electron chi connectivity index (χ2n) is 5.80. The third-order valence-corrected chi connectivity index (χ3v) is 5.01. The molecule has 3 aromatic rings. The largest absolute Gasteiger partial charge is 0.338 e. The molecule has 8 heteroatoms. The Morgan fingerprint density at radius 3 is 3.26 bits per heavy atom. The lowest BCUT2D eigenvalue weighted by Gasteiger charge is -2.23. The summed E-state index contributed by atoms with van der Waals surface area (Å²) in [5, 5.41) is 17.8. The van der Waals surface area contributed by atoms with Crippen LogP contribution in [0.5, 0.6) is 0 Å². The van der Waals surface area contributed by atoms with Gasteiger partial charge in [-0.1, -0.05) is 11.2 Å². The first kappa shape index (κ1) is 14.5. The van der Waals surface area contributed by atoms with Gasteiger partial charge in [-0.15, -0.1) is 21.5 Å². The lowest BCUT2D eigenvalue weighted by molar-refractivity contribution is 0.325. The molecule has 0 bridgehead atoms. The van der Waals surface area contributed by atoms with Crippen molar-refractivity contribution in [2.45, 2.75) is 32.9 Å². The molecule has 0 radical (unpaired) electrons. The van der Waals surface area contributed by atoms with Crippen LogP contribution in [0.3, 0.4) is 0 Å². The summed E-state index contributed by atoms with van der Waals surface area (Å²) in [5.41, 5.74) is 0. The summed E-state index contributed by atoms with van der Waals surface area (Å²) >= 11 is 1.61. The first-order chi connectivity index (χ1) is 11.3. The van der Waals surface area contributed by atoms with Gasteiger partial charge in [-0.3, -0.25) is 0 Å². The molecule has 0 spiro atoms. The van der Waals surface area contributed by atoms with Gasteiger partial charge in [0.15, 0.2) is 0 Å². The summed E-state index contributed by atoms with van der Waals surface area (Å²) in [6.45, 7) is 4.51. The molecule has 120 valence electrons. The molecule has 23 heavy (non-hydrogen) atoms. The van der Waals surface area contributed by atoms with E-state index in [4.69, 9.17) is 4.52 Å². The Labute approximate surface area is 137 Å². The molecule has 0 aromatic carbocycles. The van der Waals surface area contributed by atoms with E-state index in [0.717, 1.165) is 42.5 Å². The van der Waals surface area contributed by atoms with Crippen molar-refractivity contribution in [2.24, 2.45) is 5.92 Å². The number of fused-ring (bicyclic) bond motifs is 1. The predicted molar refractivity (Wildman–Crippen MR) is 85.9 cm³/mol. The number of thiophene rings is 1. The molecule has 4 heterocycles. The number of rotatable bonds is 5. The van der Waals surface area contributed by atoms with Gasteiger partial charge in [-0.25, -0.2) is 0 Å². The Morgan fingerprint density at radius 2 is 2.39 bits per heavy atom. The van der Waals surface area contributed by atoms with Crippen LogP contribution in [-0.4, -0.2) is 31.4 Å². The fourth-order valence-electron chi connectivity index (χ4n) is 2.91. The number of nitrogens with one attached hydrogen (secondary N) is 1. The van der Waals surface area contributed by atoms with E-state index in [1.54, 1.807) is 11.3 Å². The van der Waals surface area contributed by atoms with Crippen LogP contribution in [0.25, 0.3) is 10.7 Å². The van der Waals surface area contributed by atoms with E-state index in [2.05, 4.69) is 30.2 Å². The van der Waals surface area contributed by atoms with Crippen molar-refractivity contribution in [2.75, 3.05) is 6.54 Å². The number of nitrogens with zero attached hydrogens (tertiary/aromatic N) is 5. The van der Waals surface area contributed by atoms with Crippen LogP contribution < -0.4 is 5.32 Å². The molecule has 0 saturated heterocycles. The van der Waals surface area contributed by atoms with Gasteiger partial charge in [0, 0.05) is 19.5 Å². The SMILES string of the molecule is Cc1nnc2n1C[C@H](CNCc1nc(-c3cccs3)no1)CC2. The average Bonchev–Trinajstić information content (AvgIpc) is 3.29. The summed E-state index contributed by atoms with van der Waals surface area (Å²) in [7, 11) is 0.